The van der Waals surface area contributed by atoms with Crippen molar-refractivity contribution in [1.29, 1.82) is 0 Å². The highest BCUT2D eigenvalue weighted by Gasteiger charge is 2.22. The van der Waals surface area contributed by atoms with Gasteiger partial charge in [0.15, 0.2) is 0 Å². The fraction of sp³-hybridized carbons (Fsp3) is 0.286. The van der Waals surface area contributed by atoms with Crippen molar-refractivity contribution in [2.45, 2.75) is 6.54 Å². The molecule has 0 radical (unpaired) electrons. The molecule has 0 N–H and O–H groups in total. The first-order valence-corrected chi connectivity index (χ1v) is 9.32. The van der Waals surface area contributed by atoms with Gasteiger partial charge in [-0.2, -0.15) is 0 Å². The topological polar surface area (TPSA) is 63.5 Å². The van der Waals surface area contributed by atoms with Crippen molar-refractivity contribution in [1.82, 2.24) is 24.3 Å². The molecule has 0 aliphatic carbocycles. The third-order valence-corrected chi connectivity index (χ3v) is 4.98. The summed E-state index contributed by atoms with van der Waals surface area (Å²) in [6.45, 7) is 3.99. The number of hydrogen-bond acceptors (Lipinski definition) is 5. The standard InChI is InChI=1S/C21H23N5O2/c1-28-19-5-3-18(4-6-19)21(27)25-12-10-24(11-13-25)15-17-2-7-20(23-14-17)26-9-8-22-16-26/h2-9,14,16H,10-13,15H2,1H3. The number of ether oxygens (including phenoxy) is 1. The van der Waals surface area contributed by atoms with E-state index in [2.05, 4.69) is 20.9 Å². The fourth-order valence-corrected chi connectivity index (χ4v) is 3.34. The number of aromatic nitrogens is 3. The van der Waals surface area contributed by atoms with Crippen LogP contribution in [0.25, 0.3) is 5.82 Å². The fourth-order valence-electron chi connectivity index (χ4n) is 3.34. The molecule has 7 heteroatoms. The van der Waals surface area contributed by atoms with Crippen LogP contribution in [-0.2, 0) is 6.54 Å². The normalized spacial score (nSPS) is 14.8. The summed E-state index contributed by atoms with van der Waals surface area (Å²) in [5, 5.41) is 0. The molecule has 1 aliphatic rings. The van der Waals surface area contributed by atoms with Crippen LogP contribution in [0.5, 0.6) is 5.75 Å². The molecule has 0 unspecified atom stereocenters. The number of piperazine rings is 1. The first-order chi connectivity index (χ1) is 13.7. The van der Waals surface area contributed by atoms with Gasteiger partial charge in [0.25, 0.3) is 5.91 Å². The number of pyridine rings is 1. The number of imidazole rings is 1. The second-order valence-electron chi connectivity index (χ2n) is 6.79. The Hall–Kier alpha value is -3.19. The van der Waals surface area contributed by atoms with Crippen LogP contribution in [0.3, 0.4) is 0 Å². The maximum absolute atomic E-state index is 12.7. The molecule has 1 aromatic carbocycles. The van der Waals surface area contributed by atoms with E-state index in [1.54, 1.807) is 19.6 Å². The zero-order valence-corrected chi connectivity index (χ0v) is 15.9. The van der Waals surface area contributed by atoms with E-state index in [0.717, 1.165) is 44.3 Å². The van der Waals surface area contributed by atoms with E-state index in [4.69, 9.17) is 4.74 Å². The Balaban J connectivity index is 1.30. The molecule has 3 aromatic rings. The van der Waals surface area contributed by atoms with Crippen LogP contribution >= 0.6 is 0 Å². The molecule has 3 heterocycles. The Morgan fingerprint density at radius 3 is 2.46 bits per heavy atom. The third-order valence-electron chi connectivity index (χ3n) is 4.98. The zero-order valence-electron chi connectivity index (χ0n) is 15.9. The molecule has 0 spiro atoms. The van der Waals surface area contributed by atoms with Gasteiger partial charge in [-0.25, -0.2) is 9.97 Å². The monoisotopic (exact) mass is 377 g/mol. The Kier molecular flexibility index (Phi) is 5.34. The third kappa shape index (κ3) is 4.04. The quantitative estimate of drug-likeness (QED) is 0.682. The van der Waals surface area contributed by atoms with Crippen LogP contribution < -0.4 is 4.74 Å². The highest BCUT2D eigenvalue weighted by Crippen LogP contribution is 2.15. The molecule has 0 bridgehead atoms. The minimum atomic E-state index is 0.0775. The van der Waals surface area contributed by atoms with E-state index in [1.807, 2.05) is 52.2 Å². The van der Waals surface area contributed by atoms with Gasteiger partial charge in [-0.1, -0.05) is 6.07 Å². The molecular formula is C21H23N5O2. The number of amides is 1. The smallest absolute Gasteiger partial charge is 0.253 e. The van der Waals surface area contributed by atoms with E-state index in [9.17, 15) is 4.79 Å². The van der Waals surface area contributed by atoms with Crippen LogP contribution in [0.1, 0.15) is 15.9 Å². The van der Waals surface area contributed by atoms with Crippen molar-refractivity contribution in [3.05, 3.63) is 72.4 Å². The number of rotatable bonds is 5. The van der Waals surface area contributed by atoms with Crippen LogP contribution in [0, 0.1) is 0 Å². The Labute approximate surface area is 164 Å². The molecule has 144 valence electrons. The van der Waals surface area contributed by atoms with Gasteiger partial charge in [-0.15, -0.1) is 0 Å². The van der Waals surface area contributed by atoms with E-state index in [1.165, 1.54) is 5.56 Å². The number of methoxy groups -OCH3 is 1. The summed E-state index contributed by atoms with van der Waals surface area (Å²) < 4.78 is 7.03. The number of benzene rings is 1. The summed E-state index contributed by atoms with van der Waals surface area (Å²) in [6, 6.07) is 11.4. The molecule has 4 rings (SSSR count). The SMILES string of the molecule is COc1ccc(C(=O)N2CCN(Cc3ccc(-n4ccnc4)nc3)CC2)cc1. The Bertz CT molecular complexity index is 899. The minimum Gasteiger partial charge on any atom is -0.497 e. The molecule has 0 saturated carbocycles. The Morgan fingerprint density at radius 1 is 1.07 bits per heavy atom. The second kappa shape index (κ2) is 8.22. The van der Waals surface area contributed by atoms with Crippen molar-refractivity contribution >= 4 is 5.91 Å². The van der Waals surface area contributed by atoms with Crippen LogP contribution in [0.2, 0.25) is 0 Å². The molecular weight excluding hydrogens is 354 g/mol. The molecule has 1 amide bonds. The zero-order chi connectivity index (χ0) is 19.3. The average molecular weight is 377 g/mol. The molecule has 7 nitrogen and oxygen atoms in total. The number of carbonyl (C=O) groups excluding carboxylic acids is 1. The Morgan fingerprint density at radius 2 is 1.86 bits per heavy atom. The van der Waals surface area contributed by atoms with Gasteiger partial charge in [0, 0.05) is 56.9 Å². The van der Waals surface area contributed by atoms with Gasteiger partial charge in [-0.3, -0.25) is 14.3 Å². The van der Waals surface area contributed by atoms with Crippen LogP contribution in [0.15, 0.2) is 61.3 Å². The molecule has 0 atom stereocenters. The number of hydrogen-bond donors (Lipinski definition) is 0. The first-order valence-electron chi connectivity index (χ1n) is 9.32. The maximum Gasteiger partial charge on any atom is 0.253 e. The van der Waals surface area contributed by atoms with Crippen LogP contribution in [0.4, 0.5) is 0 Å². The molecule has 1 saturated heterocycles. The number of nitrogens with zero attached hydrogens (tertiary/aromatic N) is 5. The molecule has 28 heavy (non-hydrogen) atoms. The van der Waals surface area contributed by atoms with Gasteiger partial charge < -0.3 is 9.64 Å². The lowest BCUT2D eigenvalue weighted by atomic mass is 10.1. The summed E-state index contributed by atoms with van der Waals surface area (Å²) in [4.78, 5) is 25.5. The highest BCUT2D eigenvalue weighted by atomic mass is 16.5. The average Bonchev–Trinajstić information content (AvgIpc) is 3.29. The van der Waals surface area contributed by atoms with Crippen molar-refractivity contribution in [3.63, 3.8) is 0 Å². The summed E-state index contributed by atoms with van der Waals surface area (Å²) in [5.41, 5.74) is 1.87. The van der Waals surface area contributed by atoms with Gasteiger partial charge in [-0.05, 0) is 35.9 Å². The number of carbonyl (C=O) groups is 1. The summed E-state index contributed by atoms with van der Waals surface area (Å²) in [7, 11) is 1.62. The van der Waals surface area contributed by atoms with Crippen molar-refractivity contribution in [2.24, 2.45) is 0 Å². The van der Waals surface area contributed by atoms with Crippen molar-refractivity contribution in [3.8, 4) is 11.6 Å². The predicted octanol–water partition coefficient (Wildman–Crippen LogP) is 2.23. The lowest BCUT2D eigenvalue weighted by Gasteiger charge is -2.34. The van der Waals surface area contributed by atoms with Gasteiger partial charge in [0.05, 0.1) is 7.11 Å². The van der Waals surface area contributed by atoms with E-state index in [-0.39, 0.29) is 5.91 Å². The summed E-state index contributed by atoms with van der Waals surface area (Å²) in [5.74, 6) is 1.69. The van der Waals surface area contributed by atoms with Crippen molar-refractivity contribution < 1.29 is 9.53 Å². The lowest BCUT2D eigenvalue weighted by molar-refractivity contribution is 0.0628. The maximum atomic E-state index is 12.7. The second-order valence-corrected chi connectivity index (χ2v) is 6.79. The minimum absolute atomic E-state index is 0.0775. The largest absolute Gasteiger partial charge is 0.497 e. The van der Waals surface area contributed by atoms with Gasteiger partial charge >= 0.3 is 0 Å². The van der Waals surface area contributed by atoms with E-state index >= 15 is 0 Å². The molecule has 1 fully saturated rings. The predicted molar refractivity (Wildman–Crippen MR) is 106 cm³/mol. The van der Waals surface area contributed by atoms with Gasteiger partial charge in [0.1, 0.15) is 17.9 Å². The van der Waals surface area contributed by atoms with E-state index in [0.29, 0.717) is 5.56 Å². The summed E-state index contributed by atoms with van der Waals surface area (Å²) >= 11 is 0. The van der Waals surface area contributed by atoms with Crippen LogP contribution in [-0.4, -0.2) is 63.5 Å². The summed E-state index contributed by atoms with van der Waals surface area (Å²) in [6.07, 6.45) is 7.26. The molecule has 1 aliphatic heterocycles. The van der Waals surface area contributed by atoms with Crippen molar-refractivity contribution in [2.75, 3.05) is 33.3 Å². The highest BCUT2D eigenvalue weighted by molar-refractivity contribution is 5.94. The molecule has 2 aromatic heterocycles. The van der Waals surface area contributed by atoms with E-state index < -0.39 is 0 Å². The first kappa shape index (κ1) is 18.2. The van der Waals surface area contributed by atoms with Gasteiger partial charge in [0.2, 0.25) is 0 Å². The lowest BCUT2D eigenvalue weighted by Crippen LogP contribution is -2.48.